The van der Waals surface area contributed by atoms with Crippen molar-refractivity contribution in [2.24, 2.45) is 0 Å². The number of amides is 1. The molecule has 0 fully saturated rings. The highest BCUT2D eigenvalue weighted by Gasteiger charge is 2.23. The van der Waals surface area contributed by atoms with E-state index in [2.05, 4.69) is 14.7 Å². The predicted molar refractivity (Wildman–Crippen MR) is 129 cm³/mol. The van der Waals surface area contributed by atoms with Gasteiger partial charge in [-0.2, -0.15) is 0 Å². The average Bonchev–Trinajstić information content (AvgIpc) is 2.79. The van der Waals surface area contributed by atoms with Gasteiger partial charge in [0.25, 0.3) is 15.9 Å². The van der Waals surface area contributed by atoms with E-state index in [4.69, 9.17) is 23.2 Å². The van der Waals surface area contributed by atoms with E-state index >= 15 is 0 Å². The molecule has 4 aromatic rings. The number of halogens is 2. The first-order chi connectivity index (χ1) is 15.7. The van der Waals surface area contributed by atoms with Gasteiger partial charge in [0.1, 0.15) is 10.4 Å². The Kier molecular flexibility index (Phi) is 6.51. The second kappa shape index (κ2) is 9.35. The van der Waals surface area contributed by atoms with Gasteiger partial charge in [0.15, 0.2) is 0 Å². The van der Waals surface area contributed by atoms with Gasteiger partial charge in [-0.1, -0.05) is 41.4 Å². The van der Waals surface area contributed by atoms with Crippen LogP contribution in [-0.4, -0.2) is 36.2 Å². The van der Waals surface area contributed by atoms with Crippen molar-refractivity contribution in [3.8, 4) is 0 Å². The first kappa shape index (κ1) is 23.0. The summed E-state index contributed by atoms with van der Waals surface area (Å²) in [6, 6.07) is 16.2. The van der Waals surface area contributed by atoms with Crippen molar-refractivity contribution >= 4 is 55.9 Å². The van der Waals surface area contributed by atoms with Gasteiger partial charge in [0.2, 0.25) is 0 Å². The van der Waals surface area contributed by atoms with Crippen molar-refractivity contribution in [1.82, 2.24) is 14.9 Å². The number of fused-ring (bicyclic) bond motifs is 1. The molecule has 0 saturated carbocycles. The largest absolute Gasteiger partial charge is 0.337 e. The van der Waals surface area contributed by atoms with Crippen LogP contribution >= 0.6 is 23.2 Å². The van der Waals surface area contributed by atoms with E-state index in [1.54, 1.807) is 31.3 Å². The molecule has 1 amide bonds. The molecular formula is C23H18Cl2N4O3S. The Labute approximate surface area is 201 Å². The SMILES string of the molecule is CN(Cc1ccc(Cl)cc1)C(=O)c1ccc(Cl)cc1NS(=O)(=O)c1cccc2nccnc12. The third-order valence-electron chi connectivity index (χ3n) is 4.89. The molecule has 7 nitrogen and oxygen atoms in total. The molecule has 0 bridgehead atoms. The Balaban J connectivity index is 1.66. The molecule has 33 heavy (non-hydrogen) atoms. The highest BCUT2D eigenvalue weighted by molar-refractivity contribution is 7.93. The normalized spacial score (nSPS) is 11.4. The molecule has 0 radical (unpaired) electrons. The zero-order valence-corrected chi connectivity index (χ0v) is 19.7. The van der Waals surface area contributed by atoms with Gasteiger partial charge in [0, 0.05) is 36.0 Å². The molecule has 1 N–H and O–H groups in total. The minimum Gasteiger partial charge on any atom is -0.337 e. The number of carbonyl (C=O) groups is 1. The van der Waals surface area contributed by atoms with Crippen molar-refractivity contribution < 1.29 is 13.2 Å². The van der Waals surface area contributed by atoms with Crippen LogP contribution in [0.3, 0.4) is 0 Å². The molecule has 0 aliphatic carbocycles. The number of aromatic nitrogens is 2. The molecule has 168 valence electrons. The Hall–Kier alpha value is -3.20. The summed E-state index contributed by atoms with van der Waals surface area (Å²) in [5, 5.41) is 0.877. The Morgan fingerprint density at radius 3 is 2.42 bits per heavy atom. The fourth-order valence-electron chi connectivity index (χ4n) is 3.31. The number of nitrogens with zero attached hydrogens (tertiary/aromatic N) is 3. The van der Waals surface area contributed by atoms with Crippen molar-refractivity contribution in [1.29, 1.82) is 0 Å². The summed E-state index contributed by atoms with van der Waals surface area (Å²) in [7, 11) is -2.47. The zero-order chi connectivity index (χ0) is 23.6. The van der Waals surface area contributed by atoms with Gasteiger partial charge >= 0.3 is 0 Å². The van der Waals surface area contributed by atoms with Crippen molar-refractivity contribution in [2.45, 2.75) is 11.4 Å². The van der Waals surface area contributed by atoms with Gasteiger partial charge < -0.3 is 4.90 Å². The number of sulfonamides is 1. The van der Waals surface area contributed by atoms with Gasteiger partial charge in [-0.05, 0) is 48.0 Å². The lowest BCUT2D eigenvalue weighted by Crippen LogP contribution is -2.27. The minimum absolute atomic E-state index is 0.0546. The van der Waals surface area contributed by atoms with Crippen LogP contribution in [0.25, 0.3) is 11.0 Å². The van der Waals surface area contributed by atoms with E-state index in [9.17, 15) is 13.2 Å². The van der Waals surface area contributed by atoms with E-state index in [1.165, 1.54) is 41.6 Å². The predicted octanol–water partition coefficient (Wildman–Crippen LogP) is 5.01. The van der Waals surface area contributed by atoms with E-state index in [1.807, 2.05) is 12.1 Å². The lowest BCUT2D eigenvalue weighted by atomic mass is 10.1. The quantitative estimate of drug-likeness (QED) is 0.401. The van der Waals surface area contributed by atoms with E-state index in [0.717, 1.165) is 5.56 Å². The number of anilines is 1. The lowest BCUT2D eigenvalue weighted by molar-refractivity contribution is 0.0786. The maximum absolute atomic E-state index is 13.2. The van der Waals surface area contributed by atoms with Crippen LogP contribution in [0.15, 0.2) is 78.0 Å². The number of hydrogen-bond donors (Lipinski definition) is 1. The lowest BCUT2D eigenvalue weighted by Gasteiger charge is -2.20. The third kappa shape index (κ3) is 5.08. The highest BCUT2D eigenvalue weighted by atomic mass is 35.5. The van der Waals surface area contributed by atoms with Gasteiger partial charge in [-0.25, -0.2) is 8.42 Å². The molecule has 3 aromatic carbocycles. The standard InChI is InChI=1S/C23H18Cl2N4O3S/c1-29(14-15-5-7-16(24)8-6-15)23(30)18-10-9-17(25)13-20(18)28-33(31,32)21-4-2-3-19-22(21)27-12-11-26-19/h2-13,28H,14H2,1H3. The van der Waals surface area contributed by atoms with Crippen LogP contribution < -0.4 is 4.72 Å². The Morgan fingerprint density at radius 2 is 1.67 bits per heavy atom. The van der Waals surface area contributed by atoms with E-state index in [-0.39, 0.29) is 32.6 Å². The number of benzene rings is 3. The Morgan fingerprint density at radius 1 is 0.970 bits per heavy atom. The molecule has 4 rings (SSSR count). The fourth-order valence-corrected chi connectivity index (χ4v) is 4.85. The monoisotopic (exact) mass is 500 g/mol. The van der Waals surface area contributed by atoms with E-state index < -0.39 is 10.0 Å². The Bertz CT molecular complexity index is 1440. The summed E-state index contributed by atoms with van der Waals surface area (Å²) in [5.41, 5.74) is 1.76. The first-order valence-electron chi connectivity index (χ1n) is 9.76. The molecule has 0 spiro atoms. The maximum atomic E-state index is 13.2. The number of nitrogens with one attached hydrogen (secondary N) is 1. The summed E-state index contributed by atoms with van der Waals surface area (Å²) < 4.78 is 29.0. The summed E-state index contributed by atoms with van der Waals surface area (Å²) in [6.07, 6.45) is 2.90. The molecule has 0 saturated heterocycles. The smallest absolute Gasteiger partial charge is 0.264 e. The van der Waals surface area contributed by atoms with Crippen LogP contribution in [0.2, 0.25) is 10.0 Å². The van der Waals surface area contributed by atoms with Gasteiger partial charge in [-0.3, -0.25) is 19.5 Å². The number of hydrogen-bond acceptors (Lipinski definition) is 5. The van der Waals surface area contributed by atoms with Crippen molar-refractivity contribution in [2.75, 3.05) is 11.8 Å². The van der Waals surface area contributed by atoms with Crippen molar-refractivity contribution in [3.63, 3.8) is 0 Å². The number of carbonyl (C=O) groups excluding carboxylic acids is 1. The second-order valence-electron chi connectivity index (χ2n) is 7.26. The molecule has 0 aliphatic heterocycles. The topological polar surface area (TPSA) is 92.3 Å². The highest BCUT2D eigenvalue weighted by Crippen LogP contribution is 2.27. The van der Waals surface area contributed by atoms with Gasteiger partial charge in [0.05, 0.1) is 16.8 Å². The molecule has 1 heterocycles. The summed E-state index contributed by atoms with van der Waals surface area (Å²) >= 11 is 12.0. The maximum Gasteiger partial charge on any atom is 0.264 e. The summed E-state index contributed by atoms with van der Waals surface area (Å²) in [5.74, 6) is -0.378. The average molecular weight is 501 g/mol. The zero-order valence-electron chi connectivity index (χ0n) is 17.4. The minimum atomic E-state index is -4.10. The first-order valence-corrected chi connectivity index (χ1v) is 12.0. The molecule has 1 aromatic heterocycles. The second-order valence-corrected chi connectivity index (χ2v) is 9.79. The molecular weight excluding hydrogens is 483 g/mol. The van der Waals surface area contributed by atoms with Gasteiger partial charge in [-0.15, -0.1) is 0 Å². The number of para-hydroxylation sites is 1. The number of rotatable bonds is 6. The third-order valence-corrected chi connectivity index (χ3v) is 6.77. The van der Waals surface area contributed by atoms with Crippen LogP contribution in [0.1, 0.15) is 15.9 Å². The molecule has 10 heteroatoms. The van der Waals surface area contributed by atoms with Crippen LogP contribution in [0.5, 0.6) is 0 Å². The summed E-state index contributed by atoms with van der Waals surface area (Å²) in [4.78, 5) is 22.9. The van der Waals surface area contributed by atoms with E-state index in [0.29, 0.717) is 17.1 Å². The summed E-state index contributed by atoms with van der Waals surface area (Å²) in [6.45, 7) is 0.309. The van der Waals surface area contributed by atoms with Crippen LogP contribution in [-0.2, 0) is 16.6 Å². The fraction of sp³-hybridized carbons (Fsp3) is 0.0870. The molecule has 0 atom stereocenters. The van der Waals surface area contributed by atoms with Crippen LogP contribution in [0, 0.1) is 0 Å². The van der Waals surface area contributed by atoms with Crippen LogP contribution in [0.4, 0.5) is 5.69 Å². The molecule has 0 aliphatic rings. The van der Waals surface area contributed by atoms with Crippen molar-refractivity contribution in [3.05, 3.63) is 94.2 Å². The molecule has 0 unspecified atom stereocenters.